The average molecular weight is 228 g/mol. The number of carbonyl (C=O) groups is 2. The van der Waals surface area contributed by atoms with Crippen molar-refractivity contribution < 1.29 is 19.1 Å². The highest BCUT2D eigenvalue weighted by Crippen LogP contribution is 1.92. The normalized spacial score (nSPS) is 11.1. The van der Waals surface area contributed by atoms with Gasteiger partial charge in [0.25, 0.3) is 0 Å². The van der Waals surface area contributed by atoms with Crippen molar-refractivity contribution in [3.8, 4) is 0 Å². The van der Waals surface area contributed by atoms with Gasteiger partial charge in [-0.1, -0.05) is 12.2 Å². The summed E-state index contributed by atoms with van der Waals surface area (Å²) in [5, 5.41) is 0. The number of methoxy groups -OCH3 is 2. The number of hydrogen-bond acceptors (Lipinski definition) is 4. The van der Waals surface area contributed by atoms with Crippen molar-refractivity contribution >= 4 is 11.9 Å². The highest BCUT2D eigenvalue weighted by molar-refractivity contribution is 5.87. The summed E-state index contributed by atoms with van der Waals surface area (Å²) >= 11 is 0. The molecule has 4 nitrogen and oxygen atoms in total. The second kappa shape index (κ2) is 9.96. The van der Waals surface area contributed by atoms with Gasteiger partial charge >= 0.3 is 11.9 Å². The van der Waals surface area contributed by atoms with Crippen molar-refractivity contribution in [1.29, 1.82) is 0 Å². The van der Waals surface area contributed by atoms with Gasteiger partial charge in [-0.3, -0.25) is 0 Å². The minimum Gasteiger partial charge on any atom is -0.466 e. The van der Waals surface area contributed by atoms with Crippen molar-refractivity contribution in [3.63, 3.8) is 0 Å². The Balaban J connectivity index is 0. The fourth-order valence-electron chi connectivity index (χ4n) is 0.558. The SMILES string of the molecule is C/C=C(/C)C(=O)OC.C/C=C(\C)C(=O)OC. The average Bonchev–Trinajstić information content (AvgIpc) is 2.35. The summed E-state index contributed by atoms with van der Waals surface area (Å²) < 4.78 is 8.79. The molecule has 0 aromatic rings. The van der Waals surface area contributed by atoms with Crippen LogP contribution in [0.5, 0.6) is 0 Å². The van der Waals surface area contributed by atoms with Crippen LogP contribution in [-0.2, 0) is 19.1 Å². The number of allylic oxidation sites excluding steroid dienone is 2. The molecule has 0 spiro atoms. The van der Waals surface area contributed by atoms with Gasteiger partial charge in [-0.25, -0.2) is 9.59 Å². The van der Waals surface area contributed by atoms with E-state index in [4.69, 9.17) is 0 Å². The van der Waals surface area contributed by atoms with E-state index in [0.29, 0.717) is 11.1 Å². The van der Waals surface area contributed by atoms with Crippen molar-refractivity contribution in [3.05, 3.63) is 23.3 Å². The van der Waals surface area contributed by atoms with E-state index in [0.717, 1.165) is 0 Å². The van der Waals surface area contributed by atoms with Crippen molar-refractivity contribution in [1.82, 2.24) is 0 Å². The van der Waals surface area contributed by atoms with Crippen molar-refractivity contribution in [2.24, 2.45) is 0 Å². The summed E-state index contributed by atoms with van der Waals surface area (Å²) in [5.41, 5.74) is 1.29. The van der Waals surface area contributed by atoms with Crippen LogP contribution in [0.3, 0.4) is 0 Å². The highest BCUT2D eigenvalue weighted by Gasteiger charge is 1.98. The predicted octanol–water partition coefficient (Wildman–Crippen LogP) is 2.25. The summed E-state index contributed by atoms with van der Waals surface area (Å²) in [6, 6.07) is 0. The Morgan fingerprint density at radius 1 is 0.812 bits per heavy atom. The van der Waals surface area contributed by atoms with Crippen LogP contribution in [0.15, 0.2) is 23.3 Å². The molecule has 0 aromatic heterocycles. The van der Waals surface area contributed by atoms with Crippen molar-refractivity contribution in [2.75, 3.05) is 14.2 Å². The van der Waals surface area contributed by atoms with Crippen LogP contribution >= 0.6 is 0 Å². The van der Waals surface area contributed by atoms with Crippen LogP contribution in [0.25, 0.3) is 0 Å². The summed E-state index contributed by atoms with van der Waals surface area (Å²) in [6.07, 6.45) is 3.43. The molecule has 0 radical (unpaired) electrons. The largest absolute Gasteiger partial charge is 0.466 e. The quantitative estimate of drug-likeness (QED) is 0.537. The Hall–Kier alpha value is -1.58. The van der Waals surface area contributed by atoms with E-state index in [1.165, 1.54) is 14.2 Å². The number of esters is 2. The standard InChI is InChI=1S/2C6H10O2/c2*1-4-5(2)6(7)8-3/h2*4H,1-3H3/b5-4+;5-4-. The molecular formula is C12H20O4. The molecule has 0 aliphatic rings. The molecule has 0 saturated carbocycles. The molecule has 4 heteroatoms. The zero-order valence-corrected chi connectivity index (χ0v) is 10.8. The molecule has 0 fully saturated rings. The van der Waals surface area contributed by atoms with Gasteiger partial charge in [0.2, 0.25) is 0 Å². The zero-order chi connectivity index (χ0) is 13.1. The maximum atomic E-state index is 10.5. The summed E-state index contributed by atoms with van der Waals surface area (Å²) in [6.45, 7) is 7.02. The molecule has 0 N–H and O–H groups in total. The fraction of sp³-hybridized carbons (Fsp3) is 0.500. The molecule has 0 bridgehead atoms. The lowest BCUT2D eigenvalue weighted by Crippen LogP contribution is -2.00. The zero-order valence-electron chi connectivity index (χ0n) is 10.8. The maximum absolute atomic E-state index is 10.5. The molecule has 0 atom stereocenters. The Morgan fingerprint density at radius 2 is 1.06 bits per heavy atom. The fourth-order valence-corrected chi connectivity index (χ4v) is 0.558. The monoisotopic (exact) mass is 228 g/mol. The second-order valence-corrected chi connectivity index (χ2v) is 2.93. The van der Waals surface area contributed by atoms with Gasteiger partial charge < -0.3 is 9.47 Å². The number of hydrogen-bond donors (Lipinski definition) is 0. The topological polar surface area (TPSA) is 52.6 Å². The van der Waals surface area contributed by atoms with E-state index in [-0.39, 0.29) is 11.9 Å². The summed E-state index contributed by atoms with van der Waals surface area (Å²) in [7, 11) is 2.74. The summed E-state index contributed by atoms with van der Waals surface area (Å²) in [5.74, 6) is -0.514. The van der Waals surface area contributed by atoms with Crippen LogP contribution in [0.4, 0.5) is 0 Å². The first-order valence-corrected chi connectivity index (χ1v) is 4.87. The second-order valence-electron chi connectivity index (χ2n) is 2.93. The van der Waals surface area contributed by atoms with E-state index in [1.807, 2.05) is 0 Å². The minimum absolute atomic E-state index is 0.257. The molecule has 16 heavy (non-hydrogen) atoms. The first-order valence-electron chi connectivity index (χ1n) is 4.87. The molecule has 0 aliphatic heterocycles. The smallest absolute Gasteiger partial charge is 0.333 e. The van der Waals surface area contributed by atoms with Gasteiger partial charge in [0.15, 0.2) is 0 Å². The number of carbonyl (C=O) groups excluding carboxylic acids is 2. The van der Waals surface area contributed by atoms with Gasteiger partial charge in [0, 0.05) is 11.1 Å². The van der Waals surface area contributed by atoms with Gasteiger partial charge in [-0.15, -0.1) is 0 Å². The van der Waals surface area contributed by atoms with Gasteiger partial charge in [0.1, 0.15) is 0 Å². The third-order valence-corrected chi connectivity index (χ3v) is 1.88. The summed E-state index contributed by atoms with van der Waals surface area (Å²) in [4.78, 5) is 20.9. The molecule has 0 saturated heterocycles. The minimum atomic E-state index is -0.257. The van der Waals surface area contributed by atoms with E-state index in [2.05, 4.69) is 9.47 Å². The maximum Gasteiger partial charge on any atom is 0.333 e. The van der Waals surface area contributed by atoms with Crippen molar-refractivity contribution in [2.45, 2.75) is 27.7 Å². The lowest BCUT2D eigenvalue weighted by Gasteiger charge is -1.93. The molecule has 0 unspecified atom stereocenters. The van der Waals surface area contributed by atoms with Gasteiger partial charge in [0.05, 0.1) is 14.2 Å². The van der Waals surface area contributed by atoms with E-state index in [9.17, 15) is 9.59 Å². The molecular weight excluding hydrogens is 208 g/mol. The third-order valence-electron chi connectivity index (χ3n) is 1.88. The Morgan fingerprint density at radius 3 is 1.12 bits per heavy atom. The van der Waals surface area contributed by atoms with Crippen LogP contribution in [0.1, 0.15) is 27.7 Å². The Kier molecular flexibility index (Phi) is 10.5. The highest BCUT2D eigenvalue weighted by atomic mass is 16.5. The van der Waals surface area contributed by atoms with Crippen LogP contribution in [0.2, 0.25) is 0 Å². The van der Waals surface area contributed by atoms with Crippen LogP contribution in [0, 0.1) is 0 Å². The van der Waals surface area contributed by atoms with Gasteiger partial charge in [-0.2, -0.15) is 0 Å². The number of rotatable bonds is 2. The van der Waals surface area contributed by atoms with E-state index < -0.39 is 0 Å². The number of ether oxygens (including phenoxy) is 2. The molecule has 0 aromatic carbocycles. The van der Waals surface area contributed by atoms with Gasteiger partial charge in [-0.05, 0) is 27.7 Å². The Bertz CT molecular complexity index is 257. The lowest BCUT2D eigenvalue weighted by atomic mass is 10.3. The first-order chi connectivity index (χ1) is 7.44. The molecule has 0 rings (SSSR count). The van der Waals surface area contributed by atoms with E-state index in [1.54, 1.807) is 39.8 Å². The Labute approximate surface area is 96.9 Å². The molecule has 92 valence electrons. The third kappa shape index (κ3) is 7.79. The van der Waals surface area contributed by atoms with Crippen LogP contribution in [-0.4, -0.2) is 26.2 Å². The predicted molar refractivity (Wildman–Crippen MR) is 62.9 cm³/mol. The molecule has 0 amide bonds. The molecule has 0 aliphatic carbocycles. The molecule has 0 heterocycles. The van der Waals surface area contributed by atoms with Crippen LogP contribution < -0.4 is 0 Å². The first kappa shape index (κ1) is 16.8. The lowest BCUT2D eigenvalue weighted by molar-refractivity contribution is -0.136. The van der Waals surface area contributed by atoms with E-state index >= 15 is 0 Å².